The third-order valence-electron chi connectivity index (χ3n) is 2.65. The number of hydrogen-bond donors (Lipinski definition) is 0. The molecule has 0 N–H and O–H groups in total. The van der Waals surface area contributed by atoms with Gasteiger partial charge in [0.05, 0.1) is 19.8 Å². The van der Waals surface area contributed by atoms with Crippen LogP contribution in [0, 0.1) is 11.8 Å². The van der Waals surface area contributed by atoms with Gasteiger partial charge in [-0.25, -0.2) is 4.79 Å². The zero-order valence-corrected chi connectivity index (χ0v) is 8.85. The molecule has 1 aliphatic heterocycles. The summed E-state index contributed by atoms with van der Waals surface area (Å²) in [6.07, 6.45) is 4.39. The number of carbonyl (C=O) groups is 1. The van der Waals surface area contributed by atoms with Gasteiger partial charge in [0.15, 0.2) is 6.29 Å². The quantitative estimate of drug-likeness (QED) is 0.517. The summed E-state index contributed by atoms with van der Waals surface area (Å²) in [6, 6.07) is 0. The molecule has 1 heterocycles. The normalized spacial score (nSPS) is 31.0. The summed E-state index contributed by atoms with van der Waals surface area (Å²) < 4.78 is 15.6. The van der Waals surface area contributed by atoms with E-state index >= 15 is 0 Å². The van der Waals surface area contributed by atoms with Crippen LogP contribution < -0.4 is 0 Å². The van der Waals surface area contributed by atoms with E-state index in [1.54, 1.807) is 6.92 Å². The molecule has 0 bridgehead atoms. The van der Waals surface area contributed by atoms with Crippen molar-refractivity contribution < 1.29 is 19.0 Å². The second-order valence-electron chi connectivity index (χ2n) is 3.78. The Morgan fingerprint density at radius 3 is 2.87 bits per heavy atom. The molecule has 2 fully saturated rings. The van der Waals surface area contributed by atoms with Crippen LogP contribution in [0.3, 0.4) is 0 Å². The average molecular weight is 212 g/mol. The molecule has 1 saturated carbocycles. The van der Waals surface area contributed by atoms with Crippen LogP contribution in [0.1, 0.15) is 13.3 Å². The van der Waals surface area contributed by atoms with Crippen molar-refractivity contribution in [2.24, 2.45) is 11.8 Å². The van der Waals surface area contributed by atoms with E-state index < -0.39 is 0 Å². The smallest absolute Gasteiger partial charge is 0.330 e. The third-order valence-corrected chi connectivity index (χ3v) is 2.65. The number of rotatable bonds is 4. The Labute approximate surface area is 89.2 Å². The lowest BCUT2D eigenvalue weighted by molar-refractivity contribution is -0.137. The molecule has 84 valence electrons. The lowest BCUT2D eigenvalue weighted by Gasteiger charge is -2.05. The summed E-state index contributed by atoms with van der Waals surface area (Å²) >= 11 is 0. The molecule has 0 aromatic carbocycles. The third kappa shape index (κ3) is 2.79. The van der Waals surface area contributed by atoms with Crippen molar-refractivity contribution in [3.8, 4) is 0 Å². The molecular weight excluding hydrogens is 196 g/mol. The first-order valence-corrected chi connectivity index (χ1v) is 5.39. The van der Waals surface area contributed by atoms with E-state index in [1.165, 1.54) is 6.08 Å². The van der Waals surface area contributed by atoms with Crippen molar-refractivity contribution >= 4 is 5.97 Å². The van der Waals surface area contributed by atoms with E-state index in [1.807, 2.05) is 6.08 Å². The molecule has 1 aliphatic carbocycles. The molecule has 2 rings (SSSR count). The monoisotopic (exact) mass is 212 g/mol. The van der Waals surface area contributed by atoms with Crippen molar-refractivity contribution in [1.82, 2.24) is 0 Å². The van der Waals surface area contributed by atoms with Gasteiger partial charge < -0.3 is 14.2 Å². The van der Waals surface area contributed by atoms with Gasteiger partial charge in [0, 0.05) is 12.0 Å². The summed E-state index contributed by atoms with van der Waals surface area (Å²) in [5, 5.41) is 0. The fourth-order valence-corrected chi connectivity index (χ4v) is 1.79. The summed E-state index contributed by atoms with van der Waals surface area (Å²) in [7, 11) is 0. The van der Waals surface area contributed by atoms with Crippen LogP contribution in [0.4, 0.5) is 0 Å². The van der Waals surface area contributed by atoms with Gasteiger partial charge in [-0.1, -0.05) is 6.08 Å². The molecule has 15 heavy (non-hydrogen) atoms. The van der Waals surface area contributed by atoms with Crippen molar-refractivity contribution in [2.75, 3.05) is 19.8 Å². The molecule has 0 unspecified atom stereocenters. The predicted octanol–water partition coefficient (Wildman–Crippen LogP) is 1.11. The minimum Gasteiger partial charge on any atom is -0.463 e. The number of esters is 1. The number of carbonyl (C=O) groups excluding carboxylic acids is 1. The first kappa shape index (κ1) is 10.6. The van der Waals surface area contributed by atoms with Crippen LogP contribution >= 0.6 is 0 Å². The highest BCUT2D eigenvalue weighted by molar-refractivity contribution is 5.81. The molecule has 2 atom stereocenters. The minimum absolute atomic E-state index is 0.0538. The summed E-state index contributed by atoms with van der Waals surface area (Å²) in [5.41, 5.74) is 0. The highest BCUT2D eigenvalue weighted by Crippen LogP contribution is 2.44. The molecule has 0 radical (unpaired) electrons. The van der Waals surface area contributed by atoms with Gasteiger partial charge in [0.2, 0.25) is 0 Å². The maximum Gasteiger partial charge on any atom is 0.330 e. The van der Waals surface area contributed by atoms with Crippen molar-refractivity contribution in [2.45, 2.75) is 19.6 Å². The van der Waals surface area contributed by atoms with Crippen LogP contribution in [0.2, 0.25) is 0 Å². The van der Waals surface area contributed by atoms with Gasteiger partial charge in [-0.15, -0.1) is 0 Å². The Bertz CT molecular complexity index is 255. The number of ether oxygens (including phenoxy) is 3. The molecule has 0 spiro atoms. The first-order chi connectivity index (χ1) is 7.31. The van der Waals surface area contributed by atoms with E-state index in [4.69, 9.17) is 14.2 Å². The predicted molar refractivity (Wildman–Crippen MR) is 53.1 cm³/mol. The van der Waals surface area contributed by atoms with Crippen molar-refractivity contribution in [3.63, 3.8) is 0 Å². The summed E-state index contributed by atoms with van der Waals surface area (Å²) in [5.74, 6) is 0.576. The largest absolute Gasteiger partial charge is 0.463 e. The second-order valence-corrected chi connectivity index (χ2v) is 3.78. The summed E-state index contributed by atoms with van der Waals surface area (Å²) in [4.78, 5) is 11.0. The lowest BCUT2D eigenvalue weighted by atomic mass is 10.3. The SMILES string of the molecule is CCOC(=O)/C=C/[C@H]1C[C@@H]1C1OCCO1. The van der Waals surface area contributed by atoms with Crippen LogP contribution in [0.25, 0.3) is 0 Å². The van der Waals surface area contributed by atoms with Crippen molar-refractivity contribution in [1.29, 1.82) is 0 Å². The van der Waals surface area contributed by atoms with Gasteiger partial charge in [0.1, 0.15) is 0 Å². The van der Waals surface area contributed by atoms with E-state index in [0.717, 1.165) is 6.42 Å². The number of hydrogen-bond acceptors (Lipinski definition) is 4. The topological polar surface area (TPSA) is 44.8 Å². The van der Waals surface area contributed by atoms with Gasteiger partial charge in [-0.2, -0.15) is 0 Å². The molecule has 2 aliphatic rings. The van der Waals surface area contributed by atoms with Gasteiger partial charge in [-0.3, -0.25) is 0 Å². The zero-order valence-electron chi connectivity index (χ0n) is 8.85. The van der Waals surface area contributed by atoms with Crippen LogP contribution in [-0.4, -0.2) is 32.1 Å². The molecule has 1 saturated heterocycles. The Hall–Kier alpha value is -0.870. The minimum atomic E-state index is -0.267. The van der Waals surface area contributed by atoms with E-state index in [2.05, 4.69) is 0 Å². The van der Waals surface area contributed by atoms with Crippen molar-refractivity contribution in [3.05, 3.63) is 12.2 Å². The highest BCUT2D eigenvalue weighted by atomic mass is 16.7. The maximum atomic E-state index is 11.0. The Morgan fingerprint density at radius 2 is 2.20 bits per heavy atom. The Kier molecular flexibility index (Phi) is 3.38. The van der Waals surface area contributed by atoms with Crippen LogP contribution in [0.15, 0.2) is 12.2 Å². The molecule has 4 heteroatoms. The highest BCUT2D eigenvalue weighted by Gasteiger charge is 2.44. The molecule has 0 amide bonds. The van der Waals surface area contributed by atoms with Gasteiger partial charge in [-0.05, 0) is 19.3 Å². The molecule has 0 aromatic rings. The van der Waals surface area contributed by atoms with E-state index in [9.17, 15) is 4.79 Å². The van der Waals surface area contributed by atoms with Gasteiger partial charge in [0.25, 0.3) is 0 Å². The van der Waals surface area contributed by atoms with Crippen LogP contribution in [-0.2, 0) is 19.0 Å². The van der Waals surface area contributed by atoms with Gasteiger partial charge >= 0.3 is 5.97 Å². The Morgan fingerprint density at radius 1 is 1.47 bits per heavy atom. The standard InChI is InChI=1S/C11H16O4/c1-2-13-10(12)4-3-8-7-9(8)11-14-5-6-15-11/h3-4,8-9,11H,2,5-7H2,1H3/b4-3+/t8-,9-/m0/s1. The van der Waals surface area contributed by atoms with E-state index in [0.29, 0.717) is 31.7 Å². The number of allylic oxidation sites excluding steroid dienone is 1. The first-order valence-electron chi connectivity index (χ1n) is 5.39. The van der Waals surface area contributed by atoms with Crippen LogP contribution in [0.5, 0.6) is 0 Å². The lowest BCUT2D eigenvalue weighted by Crippen LogP contribution is -2.11. The zero-order chi connectivity index (χ0) is 10.7. The average Bonchev–Trinajstić information content (AvgIpc) is 2.79. The summed E-state index contributed by atoms with van der Waals surface area (Å²) in [6.45, 7) is 3.60. The van der Waals surface area contributed by atoms with E-state index in [-0.39, 0.29) is 12.3 Å². The molecular formula is C11H16O4. The maximum absolute atomic E-state index is 11.0. The fourth-order valence-electron chi connectivity index (χ4n) is 1.79. The molecule has 4 nitrogen and oxygen atoms in total. The fraction of sp³-hybridized carbons (Fsp3) is 0.727. The Balaban J connectivity index is 1.71. The second kappa shape index (κ2) is 4.77. The molecule has 0 aromatic heterocycles.